The van der Waals surface area contributed by atoms with Gasteiger partial charge in [0, 0.05) is 44.1 Å². The van der Waals surface area contributed by atoms with Gasteiger partial charge in [-0.3, -0.25) is 0 Å². The summed E-state index contributed by atoms with van der Waals surface area (Å²) >= 11 is 0. The molecule has 120 valence electrons. The van der Waals surface area contributed by atoms with E-state index in [1.807, 2.05) is 25.5 Å². The molecule has 0 saturated heterocycles. The number of aromatic nitrogens is 1. The summed E-state index contributed by atoms with van der Waals surface area (Å²) in [4.78, 5) is 0.334. The molecule has 1 rings (SSSR count). The van der Waals surface area contributed by atoms with Crippen molar-refractivity contribution in [2.75, 3.05) is 6.54 Å². The molecule has 0 saturated carbocycles. The third kappa shape index (κ3) is 4.43. The Morgan fingerprint density at radius 2 is 2.00 bits per heavy atom. The SMILES string of the molecule is C=CCN(C(C)C)S(=O)(=O)c1cc(CNC(C)C)n(C)c1. The molecule has 0 aliphatic rings. The molecule has 0 unspecified atom stereocenters. The first-order valence-corrected chi connectivity index (χ1v) is 8.65. The van der Waals surface area contributed by atoms with E-state index in [1.165, 1.54) is 4.31 Å². The van der Waals surface area contributed by atoms with E-state index >= 15 is 0 Å². The van der Waals surface area contributed by atoms with Gasteiger partial charge in [-0.15, -0.1) is 6.58 Å². The lowest BCUT2D eigenvalue weighted by Crippen LogP contribution is -2.36. The number of sulfonamides is 1. The molecule has 1 aromatic rings. The fourth-order valence-corrected chi connectivity index (χ4v) is 3.76. The molecule has 0 amide bonds. The van der Waals surface area contributed by atoms with Gasteiger partial charge in [-0.2, -0.15) is 4.31 Å². The number of nitrogens with zero attached hydrogens (tertiary/aromatic N) is 2. The summed E-state index contributed by atoms with van der Waals surface area (Å²) in [5.41, 5.74) is 0.949. The molecule has 0 aromatic carbocycles. The highest BCUT2D eigenvalue weighted by Gasteiger charge is 2.27. The van der Waals surface area contributed by atoms with E-state index in [4.69, 9.17) is 0 Å². The van der Waals surface area contributed by atoms with Crippen LogP contribution in [-0.2, 0) is 23.6 Å². The number of hydrogen-bond donors (Lipinski definition) is 1. The Hall–Kier alpha value is -1.11. The van der Waals surface area contributed by atoms with Gasteiger partial charge in [-0.1, -0.05) is 19.9 Å². The Kier molecular flexibility index (Phi) is 6.19. The molecule has 1 N–H and O–H groups in total. The maximum Gasteiger partial charge on any atom is 0.245 e. The highest BCUT2D eigenvalue weighted by molar-refractivity contribution is 7.89. The predicted molar refractivity (Wildman–Crippen MR) is 86.6 cm³/mol. The van der Waals surface area contributed by atoms with Crippen LogP contribution in [0.1, 0.15) is 33.4 Å². The molecule has 0 fully saturated rings. The molecule has 5 nitrogen and oxygen atoms in total. The van der Waals surface area contributed by atoms with Crippen LogP contribution in [0.5, 0.6) is 0 Å². The average Bonchev–Trinajstić information content (AvgIpc) is 2.75. The Morgan fingerprint density at radius 1 is 1.38 bits per heavy atom. The second-order valence-electron chi connectivity index (χ2n) is 5.77. The quantitative estimate of drug-likeness (QED) is 0.748. The third-order valence-corrected chi connectivity index (χ3v) is 5.27. The van der Waals surface area contributed by atoms with Crippen molar-refractivity contribution in [2.24, 2.45) is 7.05 Å². The number of nitrogens with one attached hydrogen (secondary N) is 1. The normalized spacial score (nSPS) is 12.6. The van der Waals surface area contributed by atoms with Crippen molar-refractivity contribution in [2.45, 2.75) is 51.2 Å². The van der Waals surface area contributed by atoms with Gasteiger partial charge in [-0.25, -0.2) is 8.42 Å². The summed E-state index contributed by atoms with van der Waals surface area (Å²) in [5.74, 6) is 0. The lowest BCUT2D eigenvalue weighted by molar-refractivity contribution is 0.383. The molecule has 6 heteroatoms. The maximum atomic E-state index is 12.7. The molecule has 0 radical (unpaired) electrons. The van der Waals surface area contributed by atoms with Crippen LogP contribution in [0.25, 0.3) is 0 Å². The molecule has 0 bridgehead atoms. The standard InChI is InChI=1S/C15H27N3O2S/c1-7-8-18(13(4)5)21(19,20)15-9-14(17(6)11-15)10-16-12(2)3/h7,9,11-13,16H,1,8,10H2,2-6H3. The number of rotatable bonds is 8. The minimum absolute atomic E-state index is 0.106. The second-order valence-corrected chi connectivity index (χ2v) is 7.66. The topological polar surface area (TPSA) is 54.3 Å². The zero-order chi connectivity index (χ0) is 16.2. The van der Waals surface area contributed by atoms with Crippen molar-refractivity contribution < 1.29 is 8.42 Å². The summed E-state index contributed by atoms with van der Waals surface area (Å²) < 4.78 is 28.7. The fourth-order valence-electron chi connectivity index (χ4n) is 2.05. The molecule has 0 atom stereocenters. The van der Waals surface area contributed by atoms with Gasteiger partial charge in [0.15, 0.2) is 0 Å². The summed E-state index contributed by atoms with van der Waals surface area (Å²) in [6.45, 7) is 12.5. The van der Waals surface area contributed by atoms with Crippen LogP contribution < -0.4 is 5.32 Å². The zero-order valence-corrected chi connectivity index (χ0v) is 14.4. The third-order valence-electron chi connectivity index (χ3n) is 3.27. The minimum atomic E-state index is -3.49. The van der Waals surface area contributed by atoms with Gasteiger partial charge < -0.3 is 9.88 Å². The fraction of sp³-hybridized carbons (Fsp3) is 0.600. The monoisotopic (exact) mass is 313 g/mol. The summed E-state index contributed by atoms with van der Waals surface area (Å²) in [6, 6.07) is 1.99. The summed E-state index contributed by atoms with van der Waals surface area (Å²) in [6.07, 6.45) is 3.28. The van der Waals surface area contributed by atoms with Crippen LogP contribution in [0.4, 0.5) is 0 Å². The minimum Gasteiger partial charge on any atom is -0.352 e. The lowest BCUT2D eigenvalue weighted by atomic mass is 10.3. The average molecular weight is 313 g/mol. The van der Waals surface area contributed by atoms with Crippen molar-refractivity contribution >= 4 is 10.0 Å². The zero-order valence-electron chi connectivity index (χ0n) is 13.6. The van der Waals surface area contributed by atoms with E-state index in [1.54, 1.807) is 18.3 Å². The van der Waals surface area contributed by atoms with Crippen molar-refractivity contribution in [1.29, 1.82) is 0 Å². The Balaban J connectivity index is 3.08. The van der Waals surface area contributed by atoms with Crippen LogP contribution in [0.15, 0.2) is 29.8 Å². The molecular formula is C15H27N3O2S. The van der Waals surface area contributed by atoms with Crippen LogP contribution >= 0.6 is 0 Å². The van der Waals surface area contributed by atoms with Crippen LogP contribution in [0, 0.1) is 0 Å². The van der Waals surface area contributed by atoms with Gasteiger partial charge >= 0.3 is 0 Å². The molecule has 21 heavy (non-hydrogen) atoms. The largest absolute Gasteiger partial charge is 0.352 e. The van der Waals surface area contributed by atoms with E-state index in [0.29, 0.717) is 24.0 Å². The molecule has 1 heterocycles. The predicted octanol–water partition coefficient (Wildman–Crippen LogP) is 2.11. The molecule has 1 aromatic heterocycles. The van der Waals surface area contributed by atoms with Crippen LogP contribution in [-0.4, -0.2) is 35.9 Å². The van der Waals surface area contributed by atoms with Crippen molar-refractivity contribution in [3.8, 4) is 0 Å². The van der Waals surface area contributed by atoms with Gasteiger partial charge in [0.1, 0.15) is 4.90 Å². The number of aryl methyl sites for hydroxylation is 1. The van der Waals surface area contributed by atoms with Crippen molar-refractivity contribution in [3.05, 3.63) is 30.6 Å². The number of hydrogen-bond acceptors (Lipinski definition) is 3. The lowest BCUT2D eigenvalue weighted by Gasteiger charge is -2.23. The van der Waals surface area contributed by atoms with E-state index in [9.17, 15) is 8.42 Å². The van der Waals surface area contributed by atoms with E-state index in [0.717, 1.165) is 5.69 Å². The molecule has 0 aliphatic carbocycles. The summed E-state index contributed by atoms with van der Waals surface area (Å²) in [7, 11) is -1.62. The van der Waals surface area contributed by atoms with Crippen LogP contribution in [0.2, 0.25) is 0 Å². The Labute approximate surface area is 128 Å². The highest BCUT2D eigenvalue weighted by atomic mass is 32.2. The summed E-state index contributed by atoms with van der Waals surface area (Å²) in [5, 5.41) is 3.30. The van der Waals surface area contributed by atoms with E-state index in [-0.39, 0.29) is 6.04 Å². The molecule has 0 aliphatic heterocycles. The van der Waals surface area contributed by atoms with Gasteiger partial charge in [0.2, 0.25) is 10.0 Å². The smallest absolute Gasteiger partial charge is 0.245 e. The van der Waals surface area contributed by atoms with Gasteiger partial charge in [0.05, 0.1) is 0 Å². The Bertz CT molecular complexity index is 574. The second kappa shape index (κ2) is 7.24. The van der Waals surface area contributed by atoms with E-state index < -0.39 is 10.0 Å². The first kappa shape index (κ1) is 17.9. The van der Waals surface area contributed by atoms with Gasteiger partial charge in [-0.05, 0) is 19.9 Å². The first-order chi connectivity index (χ1) is 9.70. The van der Waals surface area contributed by atoms with Crippen molar-refractivity contribution in [1.82, 2.24) is 14.2 Å². The molecular weight excluding hydrogens is 286 g/mol. The first-order valence-electron chi connectivity index (χ1n) is 7.21. The molecule has 0 spiro atoms. The van der Waals surface area contributed by atoms with E-state index in [2.05, 4.69) is 25.7 Å². The maximum absolute atomic E-state index is 12.7. The van der Waals surface area contributed by atoms with Gasteiger partial charge in [0.25, 0.3) is 0 Å². The highest BCUT2D eigenvalue weighted by Crippen LogP contribution is 2.20. The van der Waals surface area contributed by atoms with Crippen LogP contribution in [0.3, 0.4) is 0 Å². The Morgan fingerprint density at radius 3 is 2.48 bits per heavy atom. The van der Waals surface area contributed by atoms with Crippen molar-refractivity contribution in [3.63, 3.8) is 0 Å².